The van der Waals surface area contributed by atoms with Crippen molar-refractivity contribution < 1.29 is 4.79 Å². The second-order valence-corrected chi connectivity index (χ2v) is 6.93. The van der Waals surface area contributed by atoms with E-state index in [0.717, 1.165) is 16.9 Å². The summed E-state index contributed by atoms with van der Waals surface area (Å²) in [5.41, 5.74) is 4.28. The fraction of sp³-hybridized carbons (Fsp3) is 0.167. The minimum atomic E-state index is 0.111. The molecule has 4 aromatic rings. The maximum absolute atomic E-state index is 13.1. The van der Waals surface area contributed by atoms with Crippen molar-refractivity contribution >= 4 is 22.5 Å². The van der Waals surface area contributed by atoms with E-state index in [0.29, 0.717) is 19.4 Å². The van der Waals surface area contributed by atoms with Crippen LogP contribution < -0.4 is 4.90 Å². The van der Waals surface area contributed by atoms with Gasteiger partial charge in [-0.1, -0.05) is 42.5 Å². The molecule has 0 atom stereocenters. The van der Waals surface area contributed by atoms with Crippen LogP contribution in [0.25, 0.3) is 10.9 Å². The van der Waals surface area contributed by atoms with Crippen molar-refractivity contribution in [1.29, 1.82) is 0 Å². The van der Waals surface area contributed by atoms with Crippen LogP contribution in [0.5, 0.6) is 0 Å². The third kappa shape index (κ3) is 3.81. The van der Waals surface area contributed by atoms with Crippen LogP contribution in [-0.4, -0.2) is 15.5 Å². The Kier molecular flexibility index (Phi) is 5.20. The lowest BCUT2D eigenvalue weighted by atomic mass is 10.1. The molecule has 0 spiro atoms. The normalized spacial score (nSPS) is 10.9. The first-order chi connectivity index (χ1) is 13.7. The highest BCUT2D eigenvalue weighted by molar-refractivity contribution is 5.93. The van der Waals surface area contributed by atoms with Gasteiger partial charge in [-0.15, -0.1) is 0 Å². The smallest absolute Gasteiger partial charge is 0.227 e. The molecule has 0 radical (unpaired) electrons. The number of hydrogen-bond acceptors (Lipinski definition) is 2. The van der Waals surface area contributed by atoms with E-state index in [1.165, 1.54) is 10.9 Å². The summed E-state index contributed by atoms with van der Waals surface area (Å²) in [6.07, 6.45) is 4.71. The predicted octanol–water partition coefficient (Wildman–Crippen LogP) is 4.74. The Labute approximate surface area is 165 Å². The largest absolute Gasteiger partial charge is 0.346 e. The van der Waals surface area contributed by atoms with E-state index in [9.17, 15) is 4.79 Å². The topological polar surface area (TPSA) is 38.1 Å². The van der Waals surface area contributed by atoms with Crippen LogP contribution in [0.4, 0.5) is 5.69 Å². The van der Waals surface area contributed by atoms with Gasteiger partial charge in [-0.3, -0.25) is 9.78 Å². The molecule has 2 aromatic heterocycles. The van der Waals surface area contributed by atoms with Gasteiger partial charge in [-0.05, 0) is 47.7 Å². The highest BCUT2D eigenvalue weighted by Gasteiger charge is 2.18. The second-order valence-electron chi connectivity index (χ2n) is 6.93. The van der Waals surface area contributed by atoms with Gasteiger partial charge in [0.05, 0.1) is 6.54 Å². The number of para-hydroxylation sites is 2. The van der Waals surface area contributed by atoms with Gasteiger partial charge in [-0.25, -0.2) is 0 Å². The highest BCUT2D eigenvalue weighted by atomic mass is 16.2. The Hall–Kier alpha value is -3.40. The SMILES string of the molecule is Cn1c(CN(C(=O)CCc2cccnc2)c2ccccc2)cc2ccccc21. The number of aromatic nitrogens is 2. The molecule has 0 N–H and O–H groups in total. The van der Waals surface area contributed by atoms with Gasteiger partial charge in [-0.2, -0.15) is 0 Å². The molecule has 0 fully saturated rings. The molecule has 0 aliphatic rings. The maximum Gasteiger partial charge on any atom is 0.227 e. The number of nitrogens with zero attached hydrogens (tertiary/aromatic N) is 3. The fourth-order valence-electron chi connectivity index (χ4n) is 3.52. The van der Waals surface area contributed by atoms with Crippen molar-refractivity contribution in [3.63, 3.8) is 0 Å². The standard InChI is InChI=1S/C24H23N3O/c1-26-22(16-20-9-5-6-12-23(20)26)18-27(21-10-3-2-4-11-21)24(28)14-13-19-8-7-15-25-17-19/h2-12,15-17H,13-14,18H2,1H3. The fourth-order valence-corrected chi connectivity index (χ4v) is 3.52. The second kappa shape index (κ2) is 8.09. The predicted molar refractivity (Wildman–Crippen MR) is 113 cm³/mol. The summed E-state index contributed by atoms with van der Waals surface area (Å²) >= 11 is 0. The molecular formula is C24H23N3O. The van der Waals surface area contributed by atoms with Crippen molar-refractivity contribution in [2.24, 2.45) is 7.05 Å². The number of carbonyl (C=O) groups excluding carboxylic acids is 1. The van der Waals surface area contributed by atoms with Crippen molar-refractivity contribution in [2.45, 2.75) is 19.4 Å². The average molecular weight is 369 g/mol. The van der Waals surface area contributed by atoms with Gasteiger partial charge < -0.3 is 9.47 Å². The van der Waals surface area contributed by atoms with Gasteiger partial charge >= 0.3 is 0 Å². The third-order valence-electron chi connectivity index (χ3n) is 5.09. The molecule has 28 heavy (non-hydrogen) atoms. The number of anilines is 1. The number of benzene rings is 2. The summed E-state index contributed by atoms with van der Waals surface area (Å²) in [4.78, 5) is 19.2. The molecule has 140 valence electrons. The molecule has 0 unspecified atom stereocenters. The summed E-state index contributed by atoms with van der Waals surface area (Å²) < 4.78 is 2.17. The van der Waals surface area contributed by atoms with Crippen LogP contribution in [0.15, 0.2) is 85.2 Å². The quantitative estimate of drug-likeness (QED) is 0.492. The van der Waals surface area contributed by atoms with Gasteiger partial charge in [0, 0.05) is 42.8 Å². The molecule has 0 bridgehead atoms. The highest BCUT2D eigenvalue weighted by Crippen LogP contribution is 2.23. The van der Waals surface area contributed by atoms with Gasteiger partial charge in [0.2, 0.25) is 5.91 Å². The van der Waals surface area contributed by atoms with Crippen LogP contribution in [-0.2, 0) is 24.8 Å². The number of pyridine rings is 1. The molecule has 2 heterocycles. The first kappa shape index (κ1) is 18.0. The molecule has 1 amide bonds. The summed E-state index contributed by atoms with van der Waals surface area (Å²) in [6, 6.07) is 24.3. The van der Waals surface area contributed by atoms with E-state index < -0.39 is 0 Å². The number of fused-ring (bicyclic) bond motifs is 1. The Morgan fingerprint density at radius 3 is 2.54 bits per heavy atom. The van der Waals surface area contributed by atoms with E-state index >= 15 is 0 Å². The molecule has 2 aromatic carbocycles. The molecule has 4 heteroatoms. The number of rotatable bonds is 6. The van der Waals surface area contributed by atoms with Crippen LogP contribution in [0, 0.1) is 0 Å². The van der Waals surface area contributed by atoms with Gasteiger partial charge in [0.15, 0.2) is 0 Å². The molecule has 0 saturated carbocycles. The minimum Gasteiger partial charge on any atom is -0.346 e. The molecule has 4 rings (SSSR count). The van der Waals surface area contributed by atoms with Crippen molar-refractivity contribution in [3.05, 3.63) is 96.4 Å². The first-order valence-corrected chi connectivity index (χ1v) is 9.50. The Morgan fingerprint density at radius 1 is 1.00 bits per heavy atom. The van der Waals surface area contributed by atoms with Crippen molar-refractivity contribution in [1.82, 2.24) is 9.55 Å². The van der Waals surface area contributed by atoms with Gasteiger partial charge in [0.25, 0.3) is 0 Å². The number of carbonyl (C=O) groups is 1. The van der Waals surface area contributed by atoms with E-state index in [-0.39, 0.29) is 5.91 Å². The van der Waals surface area contributed by atoms with Crippen molar-refractivity contribution in [3.8, 4) is 0 Å². The lowest BCUT2D eigenvalue weighted by molar-refractivity contribution is -0.118. The number of hydrogen-bond donors (Lipinski definition) is 0. The summed E-state index contributed by atoms with van der Waals surface area (Å²) in [5, 5.41) is 1.19. The van der Waals surface area contributed by atoms with E-state index in [2.05, 4.69) is 34.8 Å². The van der Waals surface area contributed by atoms with Crippen LogP contribution in [0.2, 0.25) is 0 Å². The minimum absolute atomic E-state index is 0.111. The van der Waals surface area contributed by atoms with E-state index in [1.807, 2.05) is 65.7 Å². The number of aryl methyl sites for hydroxylation is 2. The zero-order valence-corrected chi connectivity index (χ0v) is 16.0. The van der Waals surface area contributed by atoms with E-state index in [4.69, 9.17) is 0 Å². The summed E-state index contributed by atoms with van der Waals surface area (Å²) in [7, 11) is 2.06. The summed E-state index contributed by atoms with van der Waals surface area (Å²) in [6.45, 7) is 0.543. The Balaban J connectivity index is 1.60. The zero-order chi connectivity index (χ0) is 19.3. The molecule has 0 aliphatic carbocycles. The number of amides is 1. The third-order valence-corrected chi connectivity index (χ3v) is 5.09. The zero-order valence-electron chi connectivity index (χ0n) is 16.0. The maximum atomic E-state index is 13.1. The van der Waals surface area contributed by atoms with Crippen LogP contribution in [0.3, 0.4) is 0 Å². The Morgan fingerprint density at radius 2 is 1.79 bits per heavy atom. The lowest BCUT2D eigenvalue weighted by Gasteiger charge is -2.23. The van der Waals surface area contributed by atoms with Gasteiger partial charge in [0.1, 0.15) is 0 Å². The molecule has 4 nitrogen and oxygen atoms in total. The van der Waals surface area contributed by atoms with Crippen molar-refractivity contribution in [2.75, 3.05) is 4.90 Å². The first-order valence-electron chi connectivity index (χ1n) is 9.50. The molecule has 0 saturated heterocycles. The van der Waals surface area contributed by atoms with E-state index in [1.54, 1.807) is 6.20 Å². The lowest BCUT2D eigenvalue weighted by Crippen LogP contribution is -2.31. The Bertz CT molecular complexity index is 1070. The molecule has 0 aliphatic heterocycles. The van der Waals surface area contributed by atoms with Crippen LogP contribution in [0.1, 0.15) is 17.7 Å². The monoisotopic (exact) mass is 369 g/mol. The van der Waals surface area contributed by atoms with Crippen LogP contribution >= 0.6 is 0 Å². The molecular weight excluding hydrogens is 346 g/mol. The summed E-state index contributed by atoms with van der Waals surface area (Å²) in [5.74, 6) is 0.111. The average Bonchev–Trinajstić information content (AvgIpc) is 3.07.